The van der Waals surface area contributed by atoms with Gasteiger partial charge in [-0.25, -0.2) is 0 Å². The van der Waals surface area contributed by atoms with E-state index in [1.165, 1.54) is 13.1 Å². The van der Waals surface area contributed by atoms with Crippen LogP contribution in [-0.2, 0) is 24.0 Å². The second-order valence-electron chi connectivity index (χ2n) is 5.35. The molecule has 0 atom stereocenters. The Labute approximate surface area is 139 Å². The third kappa shape index (κ3) is 4.19. The third-order valence-electron chi connectivity index (χ3n) is 3.40. The zero-order chi connectivity index (χ0) is 19.2. The van der Waals surface area contributed by atoms with Crippen LogP contribution in [0.25, 0.3) is 10.9 Å². The molecule has 0 aliphatic carbocycles. The van der Waals surface area contributed by atoms with Gasteiger partial charge in [-0.15, -0.1) is 0 Å². The number of carbonyl (C=O) groups is 1. The monoisotopic (exact) mass is 378 g/mol. The number of aromatic nitrogens is 1. The van der Waals surface area contributed by atoms with Gasteiger partial charge in [-0.1, -0.05) is 0 Å². The van der Waals surface area contributed by atoms with Gasteiger partial charge in [0.25, 0.3) is 5.91 Å². The summed E-state index contributed by atoms with van der Waals surface area (Å²) in [7, 11) is -3.27. The largest absolute Gasteiger partial charge is 0.417 e. The van der Waals surface area contributed by atoms with Crippen molar-refractivity contribution in [1.82, 2.24) is 9.88 Å². The van der Waals surface area contributed by atoms with Crippen LogP contribution in [0.3, 0.4) is 0 Å². The first-order valence-electron chi connectivity index (χ1n) is 6.69. The standard InChI is InChI=1S/C13H14F3N4O4P/c1-20-9-3-6(5-25(22,23)24)2-8(13(14,15)16)7(9)4-10(20)11(21)19-12(17)18/h2-4H,5H2,1H3,(H2,22,23,24)(H4,17,18,19,21). The highest BCUT2D eigenvalue weighted by Crippen LogP contribution is 2.42. The normalized spacial score (nSPS) is 12.4. The van der Waals surface area contributed by atoms with Crippen molar-refractivity contribution in [2.24, 2.45) is 12.8 Å². The van der Waals surface area contributed by atoms with Crippen molar-refractivity contribution in [3.63, 3.8) is 0 Å². The van der Waals surface area contributed by atoms with Crippen LogP contribution in [0.4, 0.5) is 13.2 Å². The van der Waals surface area contributed by atoms with Crippen LogP contribution in [-0.4, -0.2) is 26.2 Å². The molecule has 6 N–H and O–H groups in total. The number of halogens is 3. The molecule has 0 unspecified atom stereocenters. The minimum absolute atomic E-state index is 0.0352. The van der Waals surface area contributed by atoms with Gasteiger partial charge in [-0.05, 0) is 23.8 Å². The number of rotatable bonds is 3. The molecule has 1 amide bonds. The summed E-state index contributed by atoms with van der Waals surface area (Å²) in [5.74, 6) is -1.55. The number of carbonyl (C=O) groups excluding carboxylic acids is 1. The fraction of sp³-hybridized carbons (Fsp3) is 0.231. The fourth-order valence-electron chi connectivity index (χ4n) is 2.46. The summed E-state index contributed by atoms with van der Waals surface area (Å²) in [6.45, 7) is 0. The zero-order valence-corrected chi connectivity index (χ0v) is 13.7. The molecule has 0 saturated heterocycles. The summed E-state index contributed by atoms with van der Waals surface area (Å²) >= 11 is 0. The molecule has 2 rings (SSSR count). The number of benzene rings is 1. The number of nitrogens with one attached hydrogen (secondary N) is 2. The second kappa shape index (κ2) is 6.17. The molecule has 1 aromatic carbocycles. The lowest BCUT2D eigenvalue weighted by molar-refractivity contribution is -0.136. The lowest BCUT2D eigenvalue weighted by Gasteiger charge is -2.12. The summed E-state index contributed by atoms with van der Waals surface area (Å²) in [5, 5.41) is 8.68. The molecule has 0 aliphatic rings. The summed E-state index contributed by atoms with van der Waals surface area (Å²) < 4.78 is 52.2. The minimum atomic E-state index is -4.79. The molecule has 0 aliphatic heterocycles. The Morgan fingerprint density at radius 2 is 1.96 bits per heavy atom. The van der Waals surface area contributed by atoms with Crippen molar-refractivity contribution in [3.8, 4) is 0 Å². The molecule has 0 radical (unpaired) electrons. The number of nitrogens with two attached hydrogens (primary N) is 1. The van der Waals surface area contributed by atoms with Crippen LogP contribution in [0.2, 0.25) is 0 Å². The molecule has 0 saturated carbocycles. The quantitative estimate of drug-likeness (QED) is 0.313. The summed E-state index contributed by atoms with van der Waals surface area (Å²) in [6.07, 6.45) is -5.66. The van der Waals surface area contributed by atoms with E-state index in [1.807, 2.05) is 5.32 Å². The lowest BCUT2D eigenvalue weighted by Crippen LogP contribution is -2.36. The number of fused-ring (bicyclic) bond motifs is 1. The van der Waals surface area contributed by atoms with E-state index in [2.05, 4.69) is 0 Å². The van der Waals surface area contributed by atoms with Gasteiger partial charge in [-0.3, -0.25) is 20.1 Å². The third-order valence-corrected chi connectivity index (χ3v) is 4.17. The average molecular weight is 378 g/mol. The number of amides is 1. The topological polar surface area (TPSA) is 141 Å². The number of aryl methyl sites for hydroxylation is 1. The maximum absolute atomic E-state index is 13.3. The maximum atomic E-state index is 13.3. The maximum Gasteiger partial charge on any atom is 0.417 e. The molecule has 2 aromatic rings. The van der Waals surface area contributed by atoms with Crippen LogP contribution in [0.5, 0.6) is 0 Å². The lowest BCUT2D eigenvalue weighted by atomic mass is 10.1. The van der Waals surface area contributed by atoms with E-state index in [1.54, 1.807) is 0 Å². The van der Waals surface area contributed by atoms with Gasteiger partial charge in [0, 0.05) is 18.0 Å². The Morgan fingerprint density at radius 3 is 2.44 bits per heavy atom. The Hall–Kier alpha value is -2.36. The van der Waals surface area contributed by atoms with E-state index in [-0.39, 0.29) is 22.2 Å². The molecule has 0 fully saturated rings. The number of nitrogens with zero attached hydrogens (tertiary/aromatic N) is 1. The van der Waals surface area contributed by atoms with Gasteiger partial charge in [0.05, 0.1) is 11.7 Å². The summed E-state index contributed by atoms with van der Waals surface area (Å²) in [6, 6.07) is 2.81. The zero-order valence-electron chi connectivity index (χ0n) is 12.8. The highest BCUT2D eigenvalue weighted by atomic mass is 31.2. The van der Waals surface area contributed by atoms with Crippen LogP contribution < -0.4 is 11.1 Å². The smallest absolute Gasteiger partial charge is 0.370 e. The van der Waals surface area contributed by atoms with Crippen LogP contribution in [0.1, 0.15) is 21.6 Å². The molecule has 0 spiro atoms. The van der Waals surface area contributed by atoms with Crippen LogP contribution in [0.15, 0.2) is 18.2 Å². The van der Waals surface area contributed by atoms with E-state index in [9.17, 15) is 22.5 Å². The first-order valence-corrected chi connectivity index (χ1v) is 8.49. The Kier molecular flexibility index (Phi) is 4.69. The van der Waals surface area contributed by atoms with E-state index in [0.717, 1.165) is 10.6 Å². The number of hydrogen-bond acceptors (Lipinski definition) is 3. The molecular formula is C13H14F3N4O4P. The summed E-state index contributed by atoms with van der Waals surface area (Å²) in [4.78, 5) is 30.0. The fourth-order valence-corrected chi connectivity index (χ4v) is 3.11. The van der Waals surface area contributed by atoms with Gasteiger partial charge in [0.15, 0.2) is 5.96 Å². The van der Waals surface area contributed by atoms with Crippen LogP contribution >= 0.6 is 7.60 Å². The van der Waals surface area contributed by atoms with Crippen molar-refractivity contribution in [2.45, 2.75) is 12.3 Å². The van der Waals surface area contributed by atoms with Gasteiger partial charge in [-0.2, -0.15) is 13.2 Å². The van der Waals surface area contributed by atoms with Crippen molar-refractivity contribution in [2.75, 3.05) is 0 Å². The first kappa shape index (κ1) is 19.0. The number of hydrogen-bond donors (Lipinski definition) is 5. The molecule has 136 valence electrons. The minimum Gasteiger partial charge on any atom is -0.370 e. The number of guanidine groups is 1. The molecule has 1 heterocycles. The Bertz CT molecular complexity index is 916. The van der Waals surface area contributed by atoms with E-state index >= 15 is 0 Å². The Morgan fingerprint density at radius 1 is 1.36 bits per heavy atom. The van der Waals surface area contributed by atoms with E-state index in [4.69, 9.17) is 20.9 Å². The van der Waals surface area contributed by atoms with Gasteiger partial charge in [0.1, 0.15) is 5.69 Å². The SMILES string of the molecule is Cn1c(C(=O)NC(=N)N)cc2c(C(F)(F)F)cc(CP(=O)(O)O)cc21. The summed E-state index contributed by atoms with van der Waals surface area (Å²) in [5.41, 5.74) is 3.48. The molecule has 0 bridgehead atoms. The van der Waals surface area contributed by atoms with Crippen molar-refractivity contribution in [1.29, 1.82) is 5.41 Å². The predicted octanol–water partition coefficient (Wildman–Crippen LogP) is 1.50. The molecule has 1 aromatic heterocycles. The first-order chi connectivity index (χ1) is 11.3. The highest BCUT2D eigenvalue weighted by molar-refractivity contribution is 7.50. The van der Waals surface area contributed by atoms with Crippen LogP contribution in [0, 0.1) is 5.41 Å². The van der Waals surface area contributed by atoms with Gasteiger partial charge in [0.2, 0.25) is 0 Å². The van der Waals surface area contributed by atoms with Gasteiger partial charge < -0.3 is 20.1 Å². The second-order valence-corrected chi connectivity index (χ2v) is 7.00. The van der Waals surface area contributed by atoms with E-state index in [0.29, 0.717) is 6.07 Å². The molecule has 8 nitrogen and oxygen atoms in total. The number of alkyl halides is 3. The predicted molar refractivity (Wildman–Crippen MR) is 83.0 cm³/mol. The van der Waals surface area contributed by atoms with Crippen molar-refractivity contribution < 1.29 is 32.3 Å². The molecule has 12 heteroatoms. The van der Waals surface area contributed by atoms with Crippen molar-refractivity contribution in [3.05, 3.63) is 35.0 Å². The highest BCUT2D eigenvalue weighted by Gasteiger charge is 2.35. The van der Waals surface area contributed by atoms with Crippen molar-refractivity contribution >= 4 is 30.4 Å². The average Bonchev–Trinajstić information content (AvgIpc) is 2.72. The molecule has 25 heavy (non-hydrogen) atoms. The Balaban J connectivity index is 2.73. The molecular weight excluding hydrogens is 364 g/mol. The van der Waals surface area contributed by atoms with E-state index < -0.39 is 37.4 Å². The van der Waals surface area contributed by atoms with Gasteiger partial charge >= 0.3 is 13.8 Å².